The topological polar surface area (TPSA) is 55.5 Å². The predicted octanol–water partition coefficient (Wildman–Crippen LogP) is 1.45. The lowest BCUT2D eigenvalue weighted by molar-refractivity contribution is 0.185. The van der Waals surface area contributed by atoms with Gasteiger partial charge in [-0.3, -0.25) is 0 Å². The first-order valence-corrected chi connectivity index (χ1v) is 4.70. The van der Waals surface area contributed by atoms with E-state index in [1.165, 1.54) is 0 Å². The summed E-state index contributed by atoms with van der Waals surface area (Å²) in [7, 11) is 1.59. The molecule has 3 N–H and O–H groups in total. The van der Waals surface area contributed by atoms with Crippen molar-refractivity contribution < 1.29 is 9.84 Å². The first kappa shape index (κ1) is 10.5. The van der Waals surface area contributed by atoms with E-state index < -0.39 is 6.10 Å². The summed E-state index contributed by atoms with van der Waals surface area (Å²) in [5.41, 5.74) is 6.10. The zero-order chi connectivity index (χ0) is 9.84. The first-order chi connectivity index (χ1) is 6.19. The molecule has 1 atom stereocenters. The second-order valence-electron chi connectivity index (χ2n) is 2.64. The summed E-state index contributed by atoms with van der Waals surface area (Å²) in [6, 6.07) is 5.41. The van der Waals surface area contributed by atoms with Crippen molar-refractivity contribution in [3.05, 3.63) is 28.2 Å². The summed E-state index contributed by atoms with van der Waals surface area (Å²) in [5, 5.41) is 9.52. The highest BCUT2D eigenvalue weighted by Crippen LogP contribution is 2.27. The number of rotatable bonds is 3. The van der Waals surface area contributed by atoms with Gasteiger partial charge < -0.3 is 15.6 Å². The zero-order valence-electron chi connectivity index (χ0n) is 7.33. The molecule has 0 aromatic heterocycles. The smallest absolute Gasteiger partial charge is 0.119 e. The van der Waals surface area contributed by atoms with E-state index in [0.717, 1.165) is 10.0 Å². The molecule has 1 aromatic rings. The largest absolute Gasteiger partial charge is 0.497 e. The third kappa shape index (κ3) is 2.43. The summed E-state index contributed by atoms with van der Waals surface area (Å²) < 4.78 is 5.87. The zero-order valence-corrected chi connectivity index (χ0v) is 8.91. The number of halogens is 1. The van der Waals surface area contributed by atoms with Crippen LogP contribution in [-0.2, 0) is 0 Å². The van der Waals surface area contributed by atoms with Crippen LogP contribution in [0, 0.1) is 0 Å². The molecule has 72 valence electrons. The molecule has 0 heterocycles. The van der Waals surface area contributed by atoms with Crippen LogP contribution in [0.15, 0.2) is 22.7 Å². The van der Waals surface area contributed by atoms with Crippen LogP contribution in [0.25, 0.3) is 0 Å². The van der Waals surface area contributed by atoms with Gasteiger partial charge in [-0.15, -0.1) is 0 Å². The highest BCUT2D eigenvalue weighted by Gasteiger charge is 2.10. The SMILES string of the molecule is COc1ccc(Br)c([C@H](O)CN)c1. The van der Waals surface area contributed by atoms with E-state index in [0.29, 0.717) is 5.75 Å². The van der Waals surface area contributed by atoms with Gasteiger partial charge in [-0.05, 0) is 23.8 Å². The maximum atomic E-state index is 9.52. The van der Waals surface area contributed by atoms with Crippen molar-refractivity contribution in [1.82, 2.24) is 0 Å². The van der Waals surface area contributed by atoms with E-state index in [2.05, 4.69) is 15.9 Å². The van der Waals surface area contributed by atoms with Crippen LogP contribution < -0.4 is 10.5 Å². The monoisotopic (exact) mass is 245 g/mol. The predicted molar refractivity (Wildman–Crippen MR) is 54.7 cm³/mol. The highest BCUT2D eigenvalue weighted by atomic mass is 79.9. The lowest BCUT2D eigenvalue weighted by Gasteiger charge is -2.11. The van der Waals surface area contributed by atoms with Gasteiger partial charge in [0.1, 0.15) is 5.75 Å². The van der Waals surface area contributed by atoms with E-state index in [-0.39, 0.29) is 6.54 Å². The summed E-state index contributed by atoms with van der Waals surface area (Å²) in [5.74, 6) is 0.714. The summed E-state index contributed by atoms with van der Waals surface area (Å²) >= 11 is 3.33. The lowest BCUT2D eigenvalue weighted by atomic mass is 10.1. The van der Waals surface area contributed by atoms with Gasteiger partial charge >= 0.3 is 0 Å². The molecular weight excluding hydrogens is 234 g/mol. The molecule has 0 fully saturated rings. The van der Waals surface area contributed by atoms with Gasteiger partial charge in [0.05, 0.1) is 13.2 Å². The van der Waals surface area contributed by atoms with Crippen molar-refractivity contribution in [3.8, 4) is 5.75 Å². The van der Waals surface area contributed by atoms with Crippen LogP contribution in [0.1, 0.15) is 11.7 Å². The number of nitrogens with two attached hydrogens (primary N) is 1. The van der Waals surface area contributed by atoms with Gasteiger partial charge in [0.2, 0.25) is 0 Å². The number of ether oxygens (including phenoxy) is 1. The van der Waals surface area contributed by atoms with Crippen molar-refractivity contribution in [2.75, 3.05) is 13.7 Å². The lowest BCUT2D eigenvalue weighted by Crippen LogP contribution is -2.12. The van der Waals surface area contributed by atoms with Crippen LogP contribution in [-0.4, -0.2) is 18.8 Å². The molecular formula is C9H12BrNO2. The van der Waals surface area contributed by atoms with E-state index in [1.54, 1.807) is 13.2 Å². The normalized spacial score (nSPS) is 12.6. The fourth-order valence-corrected chi connectivity index (χ4v) is 1.54. The Morgan fingerprint density at radius 3 is 2.85 bits per heavy atom. The van der Waals surface area contributed by atoms with Crippen molar-refractivity contribution in [3.63, 3.8) is 0 Å². The average molecular weight is 246 g/mol. The van der Waals surface area contributed by atoms with Gasteiger partial charge in [0.25, 0.3) is 0 Å². The maximum absolute atomic E-state index is 9.52. The van der Waals surface area contributed by atoms with Gasteiger partial charge in [-0.25, -0.2) is 0 Å². The minimum Gasteiger partial charge on any atom is -0.497 e. The fraction of sp³-hybridized carbons (Fsp3) is 0.333. The molecule has 0 unspecified atom stereocenters. The van der Waals surface area contributed by atoms with Crippen LogP contribution in [0.4, 0.5) is 0 Å². The second kappa shape index (κ2) is 4.60. The molecule has 0 amide bonds. The highest BCUT2D eigenvalue weighted by molar-refractivity contribution is 9.10. The number of hydrogen-bond donors (Lipinski definition) is 2. The molecule has 3 nitrogen and oxygen atoms in total. The number of benzene rings is 1. The van der Waals surface area contributed by atoms with Crippen LogP contribution >= 0.6 is 15.9 Å². The van der Waals surface area contributed by atoms with Gasteiger partial charge in [0.15, 0.2) is 0 Å². The van der Waals surface area contributed by atoms with E-state index >= 15 is 0 Å². The molecule has 1 rings (SSSR count). The maximum Gasteiger partial charge on any atom is 0.119 e. The molecule has 0 bridgehead atoms. The summed E-state index contributed by atoms with van der Waals surface area (Å²) in [4.78, 5) is 0. The Morgan fingerprint density at radius 2 is 2.31 bits per heavy atom. The number of hydrogen-bond acceptors (Lipinski definition) is 3. The molecule has 1 aromatic carbocycles. The molecule has 0 spiro atoms. The molecule has 0 aliphatic rings. The Bertz CT molecular complexity index is 291. The van der Waals surface area contributed by atoms with E-state index in [9.17, 15) is 5.11 Å². The van der Waals surface area contributed by atoms with Crippen LogP contribution in [0.5, 0.6) is 5.75 Å². The first-order valence-electron chi connectivity index (χ1n) is 3.90. The molecule has 0 saturated heterocycles. The molecule has 4 heteroatoms. The Labute approximate surface area is 85.6 Å². The van der Waals surface area contributed by atoms with E-state index in [4.69, 9.17) is 10.5 Å². The van der Waals surface area contributed by atoms with Crippen molar-refractivity contribution in [2.45, 2.75) is 6.10 Å². The van der Waals surface area contributed by atoms with Crippen LogP contribution in [0.3, 0.4) is 0 Å². The van der Waals surface area contributed by atoms with Gasteiger partial charge in [-0.1, -0.05) is 15.9 Å². The van der Waals surface area contributed by atoms with Crippen molar-refractivity contribution in [2.24, 2.45) is 5.73 Å². The molecule has 0 aliphatic heterocycles. The average Bonchev–Trinajstić information content (AvgIpc) is 2.17. The molecule has 0 radical (unpaired) electrons. The minimum atomic E-state index is -0.649. The van der Waals surface area contributed by atoms with Crippen molar-refractivity contribution >= 4 is 15.9 Å². The standard InChI is InChI=1S/C9H12BrNO2/c1-13-6-2-3-8(10)7(4-6)9(12)5-11/h2-4,9,12H,5,11H2,1H3/t9-/m1/s1. The third-order valence-electron chi connectivity index (χ3n) is 1.79. The van der Waals surface area contributed by atoms with Crippen LogP contribution in [0.2, 0.25) is 0 Å². The Hall–Kier alpha value is -0.580. The molecule has 0 saturated carbocycles. The summed E-state index contributed by atoms with van der Waals surface area (Å²) in [6.45, 7) is 0.200. The van der Waals surface area contributed by atoms with Gasteiger partial charge in [-0.2, -0.15) is 0 Å². The second-order valence-corrected chi connectivity index (χ2v) is 3.49. The number of aliphatic hydroxyl groups is 1. The Balaban J connectivity index is 3.03. The summed E-state index contributed by atoms with van der Waals surface area (Å²) in [6.07, 6.45) is -0.649. The van der Waals surface area contributed by atoms with Crippen molar-refractivity contribution in [1.29, 1.82) is 0 Å². The van der Waals surface area contributed by atoms with E-state index in [1.807, 2.05) is 12.1 Å². The molecule has 0 aliphatic carbocycles. The number of aliphatic hydroxyl groups excluding tert-OH is 1. The minimum absolute atomic E-state index is 0.200. The fourth-order valence-electron chi connectivity index (χ4n) is 1.03. The quantitative estimate of drug-likeness (QED) is 0.848. The number of methoxy groups -OCH3 is 1. The molecule has 13 heavy (non-hydrogen) atoms. The Morgan fingerprint density at radius 1 is 1.62 bits per heavy atom. The third-order valence-corrected chi connectivity index (χ3v) is 2.51. The Kier molecular flexibility index (Phi) is 3.71. The van der Waals surface area contributed by atoms with Gasteiger partial charge in [0, 0.05) is 11.0 Å².